The number of ether oxygens (including phenoxy) is 1. The predicted molar refractivity (Wildman–Crippen MR) is 112 cm³/mol. The van der Waals surface area contributed by atoms with Crippen molar-refractivity contribution in [3.05, 3.63) is 70.0 Å². The number of carbonyl (C=O) groups is 1. The average Bonchev–Trinajstić information content (AvgIpc) is 2.75. The zero-order chi connectivity index (χ0) is 22.1. The largest absolute Gasteiger partial charge is 0.477 e. The van der Waals surface area contributed by atoms with Gasteiger partial charge >= 0.3 is 5.97 Å². The van der Waals surface area contributed by atoms with Crippen LogP contribution in [-0.2, 0) is 4.74 Å². The second-order valence-electron chi connectivity index (χ2n) is 7.40. The van der Waals surface area contributed by atoms with Crippen LogP contribution in [0.15, 0.2) is 47.4 Å². The van der Waals surface area contributed by atoms with E-state index in [1.165, 1.54) is 41.1 Å². The van der Waals surface area contributed by atoms with Crippen LogP contribution in [0.4, 0.5) is 14.5 Å². The van der Waals surface area contributed by atoms with Crippen molar-refractivity contribution in [3.63, 3.8) is 0 Å². The van der Waals surface area contributed by atoms with Crippen LogP contribution in [0.3, 0.4) is 0 Å². The summed E-state index contributed by atoms with van der Waals surface area (Å²) < 4.78 is 35.2. The summed E-state index contributed by atoms with van der Waals surface area (Å²) in [5.74, 6) is -2.49. The third kappa shape index (κ3) is 4.01. The molecule has 31 heavy (non-hydrogen) atoms. The van der Waals surface area contributed by atoms with Gasteiger partial charge in [-0.05, 0) is 36.4 Å². The number of aromatic nitrogens is 1. The van der Waals surface area contributed by atoms with Crippen molar-refractivity contribution in [1.82, 2.24) is 9.88 Å². The lowest BCUT2D eigenvalue weighted by molar-refractivity contribution is 0.0695. The highest BCUT2D eigenvalue weighted by Crippen LogP contribution is 2.28. The first-order valence-electron chi connectivity index (χ1n) is 9.74. The molecule has 4 rings (SSSR count). The van der Waals surface area contributed by atoms with E-state index in [1.54, 1.807) is 7.11 Å². The molecule has 0 spiro atoms. The maximum absolute atomic E-state index is 15.1. The fourth-order valence-corrected chi connectivity index (χ4v) is 3.90. The molecule has 7 nitrogen and oxygen atoms in total. The van der Waals surface area contributed by atoms with Gasteiger partial charge in [0, 0.05) is 50.1 Å². The van der Waals surface area contributed by atoms with Crippen molar-refractivity contribution in [2.75, 3.05) is 38.3 Å². The summed E-state index contributed by atoms with van der Waals surface area (Å²) in [4.78, 5) is 26.2. The summed E-state index contributed by atoms with van der Waals surface area (Å²) in [7, 11) is 1.60. The number of hydrogen-bond donors (Lipinski definition) is 2. The van der Waals surface area contributed by atoms with E-state index in [2.05, 4.69) is 5.32 Å². The zero-order valence-electron chi connectivity index (χ0n) is 16.8. The van der Waals surface area contributed by atoms with Gasteiger partial charge in [0.2, 0.25) is 5.43 Å². The number of halogens is 2. The molecule has 162 valence electrons. The molecular formula is C22H21F2N3O4. The third-order valence-electron chi connectivity index (χ3n) is 5.37. The van der Waals surface area contributed by atoms with E-state index in [9.17, 15) is 19.1 Å². The number of fused-ring (bicyclic) bond motifs is 1. The number of pyridine rings is 1. The molecule has 1 unspecified atom stereocenters. The van der Waals surface area contributed by atoms with Gasteiger partial charge in [0.25, 0.3) is 0 Å². The summed E-state index contributed by atoms with van der Waals surface area (Å²) in [5.41, 5.74) is -0.188. The molecule has 0 amide bonds. The topological polar surface area (TPSA) is 83.8 Å². The number of piperazine rings is 1. The number of hydrogen-bond acceptors (Lipinski definition) is 5. The first-order chi connectivity index (χ1) is 14.9. The standard InChI is InChI=1S/C22H21F2N3O4/c1-31-12-14-10-26(7-6-25-14)20-9-19-16(8-18(20)24)21(28)17(22(29)30)11-27(19)15-4-2-13(23)3-5-15/h2-5,8-9,11,14,25H,6-7,10,12H2,1H3,(H,29,30). The molecule has 1 aliphatic heterocycles. The van der Waals surface area contributed by atoms with Gasteiger partial charge < -0.3 is 24.6 Å². The van der Waals surface area contributed by atoms with E-state index in [-0.39, 0.29) is 11.4 Å². The zero-order valence-corrected chi connectivity index (χ0v) is 16.8. The normalized spacial score (nSPS) is 16.6. The number of aromatic carboxylic acids is 1. The highest BCUT2D eigenvalue weighted by molar-refractivity contribution is 5.94. The minimum atomic E-state index is -1.42. The molecular weight excluding hydrogens is 408 g/mol. The number of benzene rings is 2. The highest BCUT2D eigenvalue weighted by Gasteiger charge is 2.24. The van der Waals surface area contributed by atoms with E-state index in [0.29, 0.717) is 43.1 Å². The number of nitrogens with zero attached hydrogens (tertiary/aromatic N) is 2. The van der Waals surface area contributed by atoms with Crippen LogP contribution < -0.4 is 15.6 Å². The molecule has 1 aromatic heterocycles. The molecule has 1 atom stereocenters. The first-order valence-corrected chi connectivity index (χ1v) is 9.74. The Morgan fingerprint density at radius 1 is 1.26 bits per heavy atom. The smallest absolute Gasteiger partial charge is 0.341 e. The predicted octanol–water partition coefficient (Wildman–Crippen LogP) is 2.39. The van der Waals surface area contributed by atoms with E-state index in [4.69, 9.17) is 4.74 Å². The minimum absolute atomic E-state index is 0.0162. The number of methoxy groups -OCH3 is 1. The van der Waals surface area contributed by atoms with Crippen molar-refractivity contribution < 1.29 is 23.4 Å². The fraction of sp³-hybridized carbons (Fsp3) is 0.273. The Balaban J connectivity index is 1.92. The van der Waals surface area contributed by atoms with Crippen LogP contribution in [0, 0.1) is 11.6 Å². The van der Waals surface area contributed by atoms with Crippen molar-refractivity contribution in [2.24, 2.45) is 0 Å². The minimum Gasteiger partial charge on any atom is -0.477 e. The summed E-state index contributed by atoms with van der Waals surface area (Å²) >= 11 is 0. The Kier molecular flexibility index (Phi) is 5.71. The number of carboxylic acid groups (broad SMARTS) is 1. The Labute approximate surface area is 176 Å². The number of rotatable bonds is 5. The van der Waals surface area contributed by atoms with Crippen LogP contribution in [0.1, 0.15) is 10.4 Å². The van der Waals surface area contributed by atoms with Gasteiger partial charge in [-0.2, -0.15) is 0 Å². The summed E-state index contributed by atoms with van der Waals surface area (Å²) in [6.07, 6.45) is 1.19. The molecule has 0 saturated carbocycles. The highest BCUT2D eigenvalue weighted by atomic mass is 19.1. The van der Waals surface area contributed by atoms with Gasteiger partial charge in [0.1, 0.15) is 17.2 Å². The Morgan fingerprint density at radius 2 is 2.00 bits per heavy atom. The number of carboxylic acids is 1. The van der Waals surface area contributed by atoms with E-state index >= 15 is 4.39 Å². The van der Waals surface area contributed by atoms with Crippen LogP contribution in [0.25, 0.3) is 16.6 Å². The molecule has 2 aromatic carbocycles. The molecule has 9 heteroatoms. The Morgan fingerprint density at radius 3 is 2.68 bits per heavy atom. The maximum Gasteiger partial charge on any atom is 0.341 e. The maximum atomic E-state index is 15.1. The SMILES string of the molecule is COCC1CN(c2cc3c(cc2F)c(=O)c(C(=O)O)cn3-c2ccc(F)cc2)CCN1. The van der Waals surface area contributed by atoms with Crippen molar-refractivity contribution in [3.8, 4) is 5.69 Å². The van der Waals surface area contributed by atoms with Gasteiger partial charge in [-0.1, -0.05) is 0 Å². The molecule has 0 aliphatic carbocycles. The van der Waals surface area contributed by atoms with Crippen LogP contribution in [-0.4, -0.2) is 55.0 Å². The molecule has 2 heterocycles. The van der Waals surface area contributed by atoms with Crippen molar-refractivity contribution >= 4 is 22.6 Å². The van der Waals surface area contributed by atoms with E-state index < -0.39 is 28.6 Å². The van der Waals surface area contributed by atoms with Crippen molar-refractivity contribution in [2.45, 2.75) is 6.04 Å². The van der Waals surface area contributed by atoms with E-state index in [1.807, 2.05) is 4.90 Å². The molecule has 2 N–H and O–H groups in total. The summed E-state index contributed by atoms with van der Waals surface area (Å²) in [6, 6.07) is 8.03. The lowest BCUT2D eigenvalue weighted by atomic mass is 10.1. The lowest BCUT2D eigenvalue weighted by Crippen LogP contribution is -2.52. The molecule has 1 saturated heterocycles. The van der Waals surface area contributed by atoms with Crippen LogP contribution in [0.5, 0.6) is 0 Å². The van der Waals surface area contributed by atoms with Gasteiger partial charge in [-0.15, -0.1) is 0 Å². The third-order valence-corrected chi connectivity index (χ3v) is 5.37. The first kappa shape index (κ1) is 21.0. The summed E-state index contributed by atoms with van der Waals surface area (Å²) in [6.45, 7) is 2.16. The second kappa shape index (κ2) is 8.44. The van der Waals surface area contributed by atoms with Gasteiger partial charge in [0.15, 0.2) is 0 Å². The molecule has 0 radical (unpaired) electrons. The van der Waals surface area contributed by atoms with Gasteiger partial charge in [-0.3, -0.25) is 4.79 Å². The Hall–Kier alpha value is -3.30. The number of anilines is 1. The molecule has 3 aromatic rings. The number of nitrogens with one attached hydrogen (secondary N) is 1. The Bertz CT molecular complexity index is 1190. The monoisotopic (exact) mass is 429 g/mol. The lowest BCUT2D eigenvalue weighted by Gasteiger charge is -2.35. The molecule has 0 bridgehead atoms. The molecule has 1 aliphatic rings. The summed E-state index contributed by atoms with van der Waals surface area (Å²) in [5, 5.41) is 12.7. The second-order valence-corrected chi connectivity index (χ2v) is 7.40. The quantitative estimate of drug-likeness (QED) is 0.648. The fourth-order valence-electron chi connectivity index (χ4n) is 3.90. The van der Waals surface area contributed by atoms with Crippen LogP contribution >= 0.6 is 0 Å². The van der Waals surface area contributed by atoms with Crippen LogP contribution in [0.2, 0.25) is 0 Å². The van der Waals surface area contributed by atoms with Crippen molar-refractivity contribution in [1.29, 1.82) is 0 Å². The van der Waals surface area contributed by atoms with Gasteiger partial charge in [-0.25, -0.2) is 13.6 Å². The average molecular weight is 429 g/mol. The molecule has 1 fully saturated rings. The van der Waals surface area contributed by atoms with E-state index in [0.717, 1.165) is 6.07 Å². The van der Waals surface area contributed by atoms with Gasteiger partial charge in [0.05, 0.1) is 17.8 Å².